The van der Waals surface area contributed by atoms with E-state index in [-0.39, 0.29) is 12.2 Å². The van der Waals surface area contributed by atoms with Gasteiger partial charge in [0.1, 0.15) is 0 Å². The number of nitrogens with one attached hydrogen (secondary N) is 1. The van der Waals surface area contributed by atoms with E-state index in [1.165, 1.54) is 0 Å². The number of hydrogen-bond donors (Lipinski definition) is 2. The summed E-state index contributed by atoms with van der Waals surface area (Å²) in [5.41, 5.74) is 0. The van der Waals surface area contributed by atoms with Gasteiger partial charge in [0.05, 0.1) is 38.1 Å². The minimum absolute atomic E-state index is 0.0100. The first-order valence-corrected chi connectivity index (χ1v) is 6.91. The normalized spacial score (nSPS) is 23.5. The van der Waals surface area contributed by atoms with Gasteiger partial charge in [0.25, 0.3) is 0 Å². The van der Waals surface area contributed by atoms with Gasteiger partial charge in [-0.25, -0.2) is 0 Å². The van der Waals surface area contributed by atoms with Gasteiger partial charge in [-0.3, -0.25) is 0 Å². The lowest BCUT2D eigenvalue weighted by Crippen LogP contribution is -2.46. The van der Waals surface area contributed by atoms with Crippen LogP contribution in [0.1, 0.15) is 6.92 Å². The van der Waals surface area contributed by atoms with E-state index in [0.29, 0.717) is 19.8 Å². The highest BCUT2D eigenvalue weighted by Gasteiger charge is 2.17. The molecule has 1 rings (SSSR count). The molecule has 1 aliphatic heterocycles. The van der Waals surface area contributed by atoms with Crippen LogP contribution in [0.2, 0.25) is 0 Å². The Balaban J connectivity index is 2.10. The zero-order valence-corrected chi connectivity index (χ0v) is 12.3. The molecule has 3 unspecified atom stereocenters. The highest BCUT2D eigenvalue weighted by Crippen LogP contribution is 2.01. The van der Waals surface area contributed by atoms with Crippen LogP contribution in [0.25, 0.3) is 0 Å². The molecule has 6 heteroatoms. The lowest BCUT2D eigenvalue weighted by molar-refractivity contribution is -0.0442. The molecule has 3 atom stereocenters. The molecule has 2 N–H and O–H groups in total. The molecule has 0 amide bonds. The zero-order valence-electron chi connectivity index (χ0n) is 12.3. The molecule has 0 radical (unpaired) electrons. The second-order valence-corrected chi connectivity index (χ2v) is 5.17. The molecular formula is C13H28N2O4. The molecule has 0 aromatic heterocycles. The molecule has 19 heavy (non-hydrogen) atoms. The highest BCUT2D eigenvalue weighted by atomic mass is 16.5. The van der Waals surface area contributed by atoms with Crippen molar-refractivity contribution in [2.75, 3.05) is 60.2 Å². The van der Waals surface area contributed by atoms with E-state index in [1.54, 1.807) is 7.11 Å². The third kappa shape index (κ3) is 7.81. The first kappa shape index (κ1) is 16.8. The van der Waals surface area contributed by atoms with Crippen molar-refractivity contribution in [1.82, 2.24) is 10.2 Å². The highest BCUT2D eigenvalue weighted by molar-refractivity contribution is 4.72. The molecule has 0 saturated carbocycles. The molecule has 0 aliphatic carbocycles. The van der Waals surface area contributed by atoms with Crippen LogP contribution in [-0.2, 0) is 14.2 Å². The summed E-state index contributed by atoms with van der Waals surface area (Å²) in [4.78, 5) is 2.08. The van der Waals surface area contributed by atoms with Crippen molar-refractivity contribution in [3.8, 4) is 0 Å². The van der Waals surface area contributed by atoms with E-state index in [0.717, 1.165) is 26.2 Å². The van der Waals surface area contributed by atoms with Crippen molar-refractivity contribution in [2.45, 2.75) is 25.2 Å². The number of rotatable bonds is 9. The Hall–Kier alpha value is -0.240. The lowest BCUT2D eigenvalue weighted by atomic mass is 10.2. The molecule has 6 nitrogen and oxygen atoms in total. The fourth-order valence-corrected chi connectivity index (χ4v) is 2.13. The summed E-state index contributed by atoms with van der Waals surface area (Å²) in [5.74, 6) is 0. The second-order valence-electron chi connectivity index (χ2n) is 5.17. The second kappa shape index (κ2) is 9.63. The van der Waals surface area contributed by atoms with E-state index in [9.17, 15) is 5.11 Å². The summed E-state index contributed by atoms with van der Waals surface area (Å²) >= 11 is 0. The smallest absolute Gasteiger partial charge is 0.0900 e. The van der Waals surface area contributed by atoms with Crippen molar-refractivity contribution in [1.29, 1.82) is 0 Å². The maximum Gasteiger partial charge on any atom is 0.0900 e. The van der Waals surface area contributed by atoms with Crippen LogP contribution in [0.4, 0.5) is 0 Å². The van der Waals surface area contributed by atoms with Crippen molar-refractivity contribution in [3.63, 3.8) is 0 Å². The number of ether oxygens (including phenoxy) is 3. The molecule has 1 heterocycles. The van der Waals surface area contributed by atoms with Gasteiger partial charge in [0.2, 0.25) is 0 Å². The summed E-state index contributed by atoms with van der Waals surface area (Å²) in [5, 5.41) is 13.2. The molecule has 0 bridgehead atoms. The van der Waals surface area contributed by atoms with E-state index >= 15 is 0 Å². The maximum absolute atomic E-state index is 9.90. The van der Waals surface area contributed by atoms with Gasteiger partial charge < -0.3 is 29.5 Å². The third-order valence-corrected chi connectivity index (χ3v) is 3.02. The Kier molecular flexibility index (Phi) is 8.52. The minimum Gasteiger partial charge on any atom is -0.389 e. The van der Waals surface area contributed by atoms with Crippen LogP contribution in [0, 0.1) is 0 Å². The predicted octanol–water partition coefficient (Wildman–Crippen LogP) is -0.681. The van der Waals surface area contributed by atoms with Gasteiger partial charge >= 0.3 is 0 Å². The van der Waals surface area contributed by atoms with Gasteiger partial charge in [-0.15, -0.1) is 0 Å². The first-order chi connectivity index (χ1) is 9.11. The molecule has 0 spiro atoms. The van der Waals surface area contributed by atoms with Crippen LogP contribution < -0.4 is 5.32 Å². The topological polar surface area (TPSA) is 63.2 Å². The zero-order chi connectivity index (χ0) is 14.1. The van der Waals surface area contributed by atoms with Crippen molar-refractivity contribution in [3.05, 3.63) is 0 Å². The van der Waals surface area contributed by atoms with Gasteiger partial charge in [0, 0.05) is 33.3 Å². The van der Waals surface area contributed by atoms with Gasteiger partial charge in [-0.1, -0.05) is 0 Å². The number of nitrogens with zero attached hydrogens (tertiary/aromatic N) is 1. The summed E-state index contributed by atoms with van der Waals surface area (Å²) in [6.45, 7) is 6.77. The number of hydrogen-bond acceptors (Lipinski definition) is 6. The number of likely N-dealkylation sites (N-methyl/N-ethyl adjacent to an activating group) is 1. The first-order valence-electron chi connectivity index (χ1n) is 6.91. The minimum atomic E-state index is -0.485. The van der Waals surface area contributed by atoms with Gasteiger partial charge in [-0.2, -0.15) is 0 Å². The summed E-state index contributed by atoms with van der Waals surface area (Å²) in [6.07, 6.45) is -0.268. The van der Waals surface area contributed by atoms with E-state index < -0.39 is 6.10 Å². The molecule has 1 saturated heterocycles. The molecular weight excluding hydrogens is 248 g/mol. The molecule has 0 aromatic rings. The predicted molar refractivity (Wildman–Crippen MR) is 73.4 cm³/mol. The number of aliphatic hydroxyl groups is 1. The Morgan fingerprint density at radius 3 is 2.89 bits per heavy atom. The largest absolute Gasteiger partial charge is 0.389 e. The van der Waals surface area contributed by atoms with E-state index in [4.69, 9.17) is 14.2 Å². The maximum atomic E-state index is 9.90. The van der Waals surface area contributed by atoms with Crippen LogP contribution in [0.5, 0.6) is 0 Å². The number of methoxy groups -OCH3 is 1. The third-order valence-electron chi connectivity index (χ3n) is 3.02. The van der Waals surface area contributed by atoms with Crippen LogP contribution in [0.15, 0.2) is 0 Å². The average molecular weight is 276 g/mol. The molecule has 1 aliphatic rings. The molecule has 1 fully saturated rings. The SMILES string of the molecule is COCC(C)OCC(O)CN(C)CC1CNCCO1. The Bertz CT molecular complexity index is 225. The van der Waals surface area contributed by atoms with Gasteiger partial charge in [-0.05, 0) is 14.0 Å². The molecule has 0 aromatic carbocycles. The van der Waals surface area contributed by atoms with Crippen LogP contribution >= 0.6 is 0 Å². The Labute approximate surface area is 116 Å². The van der Waals surface area contributed by atoms with Crippen molar-refractivity contribution >= 4 is 0 Å². The monoisotopic (exact) mass is 276 g/mol. The summed E-state index contributed by atoms with van der Waals surface area (Å²) < 4.78 is 16.1. The van der Waals surface area contributed by atoms with Gasteiger partial charge in [0.15, 0.2) is 0 Å². The summed E-state index contributed by atoms with van der Waals surface area (Å²) in [7, 11) is 3.63. The lowest BCUT2D eigenvalue weighted by Gasteiger charge is -2.29. The van der Waals surface area contributed by atoms with E-state index in [1.807, 2.05) is 14.0 Å². The van der Waals surface area contributed by atoms with Crippen molar-refractivity contribution < 1.29 is 19.3 Å². The quantitative estimate of drug-likeness (QED) is 0.582. The fraction of sp³-hybridized carbons (Fsp3) is 1.00. The number of morpholine rings is 1. The average Bonchev–Trinajstić information content (AvgIpc) is 2.38. The summed E-state index contributed by atoms with van der Waals surface area (Å²) in [6, 6.07) is 0. The number of aliphatic hydroxyl groups excluding tert-OH is 1. The van der Waals surface area contributed by atoms with Crippen molar-refractivity contribution in [2.24, 2.45) is 0 Å². The Morgan fingerprint density at radius 1 is 1.47 bits per heavy atom. The molecule has 114 valence electrons. The van der Waals surface area contributed by atoms with E-state index in [2.05, 4.69) is 10.2 Å². The Morgan fingerprint density at radius 2 is 2.26 bits per heavy atom. The fourth-order valence-electron chi connectivity index (χ4n) is 2.13. The standard InChI is InChI=1S/C13H28N2O4/c1-11(9-17-3)19-10-12(16)7-15(2)8-13-6-14-4-5-18-13/h11-14,16H,4-10H2,1-3H3. The van der Waals surface area contributed by atoms with Crippen LogP contribution in [0.3, 0.4) is 0 Å². The van der Waals surface area contributed by atoms with Crippen LogP contribution in [-0.4, -0.2) is 88.5 Å².